The molecule has 112 valence electrons. The van der Waals surface area contributed by atoms with Crippen LogP contribution in [0.25, 0.3) is 0 Å². The molecule has 0 bridgehead atoms. The van der Waals surface area contributed by atoms with Crippen LogP contribution in [0.1, 0.15) is 16.7 Å². The Morgan fingerprint density at radius 2 is 1.76 bits per heavy atom. The van der Waals surface area contributed by atoms with Gasteiger partial charge in [-0.1, -0.05) is 29.8 Å². The molecular weight excluding hydrogens is 319 g/mol. The van der Waals surface area contributed by atoms with Gasteiger partial charge in [0.25, 0.3) is 0 Å². The maximum absolute atomic E-state index is 12.8. The highest BCUT2D eigenvalue weighted by molar-refractivity contribution is 7.98. The van der Waals surface area contributed by atoms with E-state index >= 15 is 0 Å². The average Bonchev–Trinajstić information content (AvgIpc) is 2.45. The number of nitrogens with two attached hydrogens (primary N) is 1. The molecule has 2 rings (SSSR count). The highest BCUT2D eigenvalue weighted by Crippen LogP contribution is 2.35. The fraction of sp³-hybridized carbons (Fsp3) is 0.200. The fourth-order valence-corrected chi connectivity index (χ4v) is 3.13. The molecule has 0 aliphatic heterocycles. The van der Waals surface area contributed by atoms with E-state index in [0.717, 1.165) is 16.5 Å². The van der Waals surface area contributed by atoms with Crippen molar-refractivity contribution in [2.75, 3.05) is 0 Å². The molecule has 6 heteroatoms. The second kappa shape index (κ2) is 6.73. The van der Waals surface area contributed by atoms with Crippen molar-refractivity contribution in [3.63, 3.8) is 0 Å². The molecule has 2 aromatic rings. The number of hydrogen-bond donors (Lipinski definition) is 1. The molecule has 1 nitrogen and oxygen atoms in total. The number of hydrogen-bond acceptors (Lipinski definition) is 2. The van der Waals surface area contributed by atoms with Crippen LogP contribution in [0.4, 0.5) is 13.2 Å². The fourth-order valence-electron chi connectivity index (χ4n) is 1.88. The van der Waals surface area contributed by atoms with Crippen LogP contribution in [0.5, 0.6) is 0 Å². The highest BCUT2D eigenvalue weighted by Gasteiger charge is 2.32. The molecule has 0 amide bonds. The summed E-state index contributed by atoms with van der Waals surface area (Å²) < 4.78 is 38.4. The largest absolute Gasteiger partial charge is 0.416 e. The molecule has 0 aromatic heterocycles. The number of rotatable bonds is 4. The zero-order valence-corrected chi connectivity index (χ0v) is 12.5. The lowest BCUT2D eigenvalue weighted by atomic mass is 10.1. The normalized spacial score (nSPS) is 11.7. The number of halogens is 4. The topological polar surface area (TPSA) is 26.0 Å². The Morgan fingerprint density at radius 3 is 2.38 bits per heavy atom. The maximum atomic E-state index is 12.8. The second-order valence-electron chi connectivity index (χ2n) is 4.40. The first-order valence-corrected chi connectivity index (χ1v) is 7.54. The summed E-state index contributed by atoms with van der Waals surface area (Å²) in [4.78, 5) is 0.739. The third-order valence-electron chi connectivity index (χ3n) is 2.95. The molecule has 0 aliphatic carbocycles. The van der Waals surface area contributed by atoms with Crippen molar-refractivity contribution in [2.45, 2.75) is 23.4 Å². The van der Waals surface area contributed by atoms with Crippen molar-refractivity contribution < 1.29 is 13.2 Å². The van der Waals surface area contributed by atoms with E-state index < -0.39 is 11.7 Å². The lowest BCUT2D eigenvalue weighted by molar-refractivity contribution is -0.138. The predicted molar refractivity (Wildman–Crippen MR) is 80.3 cm³/mol. The van der Waals surface area contributed by atoms with Crippen molar-refractivity contribution in [1.29, 1.82) is 0 Å². The molecular formula is C15H13ClF3NS. The third-order valence-corrected chi connectivity index (χ3v) is 4.37. The summed E-state index contributed by atoms with van der Waals surface area (Å²) in [5.41, 5.74) is 5.79. The zero-order chi connectivity index (χ0) is 15.5. The number of thioether (sulfide) groups is 1. The van der Waals surface area contributed by atoms with Gasteiger partial charge in [-0.15, -0.1) is 11.8 Å². The van der Waals surface area contributed by atoms with E-state index in [1.54, 1.807) is 6.07 Å². The molecule has 0 radical (unpaired) electrons. The SMILES string of the molecule is NCc1cc(SCc2ccccc2Cl)ccc1C(F)(F)F. The van der Waals surface area contributed by atoms with Crippen LogP contribution in [0.3, 0.4) is 0 Å². The monoisotopic (exact) mass is 331 g/mol. The maximum Gasteiger partial charge on any atom is 0.416 e. The van der Waals surface area contributed by atoms with Crippen molar-refractivity contribution >= 4 is 23.4 Å². The standard InChI is InChI=1S/C15H13ClF3NS/c16-14-4-2-1-3-10(14)9-21-12-5-6-13(15(17,18)19)11(7-12)8-20/h1-7H,8-9,20H2. The van der Waals surface area contributed by atoms with E-state index in [-0.39, 0.29) is 12.1 Å². The van der Waals surface area contributed by atoms with E-state index in [1.807, 2.05) is 18.2 Å². The van der Waals surface area contributed by atoms with Crippen LogP contribution in [-0.2, 0) is 18.5 Å². The van der Waals surface area contributed by atoms with Crippen LogP contribution in [-0.4, -0.2) is 0 Å². The Hall–Kier alpha value is -1.17. The van der Waals surface area contributed by atoms with Gasteiger partial charge in [-0.05, 0) is 35.4 Å². The van der Waals surface area contributed by atoms with Gasteiger partial charge in [-0.25, -0.2) is 0 Å². The average molecular weight is 332 g/mol. The third kappa shape index (κ3) is 4.15. The summed E-state index contributed by atoms with van der Waals surface area (Å²) in [6, 6.07) is 11.4. The molecule has 0 saturated heterocycles. The minimum atomic E-state index is -4.37. The first-order valence-electron chi connectivity index (χ1n) is 6.18. The molecule has 0 unspecified atom stereocenters. The van der Waals surface area contributed by atoms with Gasteiger partial charge < -0.3 is 5.73 Å². The molecule has 2 N–H and O–H groups in total. The Morgan fingerprint density at radius 1 is 1.05 bits per heavy atom. The molecule has 2 aromatic carbocycles. The summed E-state index contributed by atoms with van der Waals surface area (Å²) in [7, 11) is 0. The molecule has 21 heavy (non-hydrogen) atoms. The van der Waals surface area contributed by atoms with E-state index in [1.165, 1.54) is 23.9 Å². The van der Waals surface area contributed by atoms with Gasteiger partial charge >= 0.3 is 6.18 Å². The van der Waals surface area contributed by atoms with Crippen molar-refractivity contribution in [1.82, 2.24) is 0 Å². The van der Waals surface area contributed by atoms with Gasteiger partial charge in [0.05, 0.1) is 5.56 Å². The number of alkyl halides is 3. The van der Waals surface area contributed by atoms with Gasteiger partial charge in [0.15, 0.2) is 0 Å². The predicted octanol–water partition coefficient (Wildman–Crippen LogP) is 5.11. The van der Waals surface area contributed by atoms with E-state index in [4.69, 9.17) is 17.3 Å². The summed E-state index contributed by atoms with van der Waals surface area (Å²) in [5, 5.41) is 0.649. The van der Waals surface area contributed by atoms with Crippen LogP contribution in [0, 0.1) is 0 Å². The Labute approximate surface area is 130 Å². The Balaban J connectivity index is 2.17. The van der Waals surface area contributed by atoms with Crippen molar-refractivity contribution in [3.05, 3.63) is 64.2 Å². The van der Waals surface area contributed by atoms with Crippen molar-refractivity contribution in [2.24, 2.45) is 5.73 Å². The lowest BCUT2D eigenvalue weighted by Crippen LogP contribution is -2.11. The zero-order valence-electron chi connectivity index (χ0n) is 11.0. The van der Waals surface area contributed by atoms with Gasteiger partial charge in [0.2, 0.25) is 0 Å². The first kappa shape index (κ1) is 16.2. The molecule has 0 atom stereocenters. The van der Waals surface area contributed by atoms with Crippen molar-refractivity contribution in [3.8, 4) is 0 Å². The summed E-state index contributed by atoms with van der Waals surface area (Å²) in [5.74, 6) is 0.592. The van der Waals surface area contributed by atoms with E-state index in [9.17, 15) is 13.2 Å². The molecule has 0 spiro atoms. The smallest absolute Gasteiger partial charge is 0.326 e. The van der Waals surface area contributed by atoms with Gasteiger partial charge in [0.1, 0.15) is 0 Å². The minimum absolute atomic E-state index is 0.103. The van der Waals surface area contributed by atoms with Crippen LogP contribution in [0.15, 0.2) is 47.4 Å². The minimum Gasteiger partial charge on any atom is -0.326 e. The van der Waals surface area contributed by atoms with Gasteiger partial charge in [-0.2, -0.15) is 13.2 Å². The molecule has 0 fully saturated rings. The van der Waals surface area contributed by atoms with Crippen LogP contribution in [0.2, 0.25) is 5.02 Å². The van der Waals surface area contributed by atoms with Gasteiger partial charge in [-0.3, -0.25) is 0 Å². The lowest BCUT2D eigenvalue weighted by Gasteiger charge is -2.13. The van der Waals surface area contributed by atoms with Crippen LogP contribution < -0.4 is 5.73 Å². The second-order valence-corrected chi connectivity index (χ2v) is 5.86. The molecule has 0 aliphatic rings. The highest BCUT2D eigenvalue weighted by atomic mass is 35.5. The summed E-state index contributed by atoms with van der Waals surface area (Å²) in [6.45, 7) is -0.144. The first-order chi connectivity index (χ1) is 9.91. The summed E-state index contributed by atoms with van der Waals surface area (Å²) >= 11 is 7.48. The van der Waals surface area contributed by atoms with Crippen LogP contribution >= 0.6 is 23.4 Å². The molecule has 0 heterocycles. The quantitative estimate of drug-likeness (QED) is 0.788. The summed E-state index contributed by atoms with van der Waals surface area (Å²) in [6.07, 6.45) is -4.37. The number of benzene rings is 2. The Bertz CT molecular complexity index is 629. The molecule has 0 saturated carbocycles. The van der Waals surface area contributed by atoms with E-state index in [2.05, 4.69) is 0 Å². The van der Waals surface area contributed by atoms with Gasteiger partial charge in [0, 0.05) is 22.2 Å². The van der Waals surface area contributed by atoms with E-state index in [0.29, 0.717) is 10.8 Å². The Kier molecular flexibility index (Phi) is 5.19.